The van der Waals surface area contributed by atoms with Gasteiger partial charge in [-0.05, 0) is 138 Å². The van der Waals surface area contributed by atoms with Crippen LogP contribution in [0.4, 0.5) is 4.39 Å². The molecule has 0 saturated carbocycles. The standard InChI is InChI=1S/C13H13BrN2O.C13H14N2O.C12H15NO3S.C8H7FO.C5H8N2.C3H6O.C2H6O.CN.10CH4.Br2.Na/c1-2-11-8-16(9-15-11)12-5-3-10(4-6-12)13(17)7-14;1-3-12-8-15(9-14-12)13-6-4-11(5-7-13)10(2)16;1-3-11-12(13-8-16-11)17(14,15)10-6-4-9(2)5-7-10;1-6(10)7-2-4-8(9)5-3-7;1-2-5-3-6-4-7-5;1-2-3-4;1-2-3;1-2;;;;;;;;;;;1-2;/h3-6,8-9H,2,7H2,1H3;4-9H,3H2,1-2H3;4-8,11-12H,3H2,1-2H3;2-5H,1H3;3-4H,2H2,1H3,(H,6,7);3H,2H2,1H3;3H,2H2,1H3;;10*1H4;;/q;;;;;;;-1;;;;;;;;;;;;+1/t;;11-,12-;;;;;;;;;;;;;;;;;/m..0................./s1. The molecule has 2 atom stereocenters. The first kappa shape index (κ1) is 111. The maximum atomic E-state index is 12.3. The van der Waals surface area contributed by atoms with Gasteiger partial charge in [0.2, 0.25) is 9.84 Å². The molecular weight excluding hydrogens is 1360 g/mol. The van der Waals surface area contributed by atoms with Crippen LogP contribution in [0.25, 0.3) is 11.4 Å². The number of alkyl halides is 1. The second-order valence-electron chi connectivity index (χ2n) is 15.9. The van der Waals surface area contributed by atoms with Gasteiger partial charge in [0.25, 0.3) is 0 Å². The van der Waals surface area contributed by atoms with Crippen molar-refractivity contribution < 1.29 is 71.4 Å². The summed E-state index contributed by atoms with van der Waals surface area (Å²) in [5, 5.41) is 13.4. The minimum absolute atomic E-state index is 0. The molecule has 22 heteroatoms. The van der Waals surface area contributed by atoms with Crippen molar-refractivity contribution in [3.8, 4) is 11.4 Å². The van der Waals surface area contributed by atoms with Crippen molar-refractivity contribution in [2.24, 2.45) is 4.99 Å². The Morgan fingerprint density at radius 3 is 1.36 bits per heavy atom. The fraction of sp³-hybridized carbons (Fsp3) is 0.418. The Hall–Kier alpha value is -5.57. The maximum Gasteiger partial charge on any atom is 1.00 e. The molecule has 0 amide bonds. The molecule has 0 fully saturated rings. The summed E-state index contributed by atoms with van der Waals surface area (Å²) in [6.45, 7) is 21.6. The van der Waals surface area contributed by atoms with Crippen molar-refractivity contribution in [1.29, 1.82) is 5.26 Å². The number of benzene rings is 4. The van der Waals surface area contributed by atoms with E-state index >= 15 is 0 Å². The van der Waals surface area contributed by atoms with Crippen molar-refractivity contribution in [1.82, 2.24) is 29.1 Å². The predicted octanol–water partition coefficient (Wildman–Crippen LogP) is 16.3. The van der Waals surface area contributed by atoms with Crippen LogP contribution in [0.5, 0.6) is 0 Å². The Kier molecular flexibility index (Phi) is 81.6. The van der Waals surface area contributed by atoms with Gasteiger partial charge in [-0.15, -0.1) is 0 Å². The van der Waals surface area contributed by atoms with E-state index in [9.17, 15) is 32.0 Å². The van der Waals surface area contributed by atoms with Gasteiger partial charge >= 0.3 is 29.6 Å². The summed E-state index contributed by atoms with van der Waals surface area (Å²) in [6.07, 6.45) is 17.0. The number of hydrogen-bond donors (Lipinski definition) is 2. The van der Waals surface area contributed by atoms with E-state index in [0.29, 0.717) is 28.6 Å². The average Bonchev–Trinajstić information content (AvgIpc) is 4.34. The molecule has 1 aliphatic heterocycles. The fourth-order valence-corrected chi connectivity index (χ4v) is 8.07. The van der Waals surface area contributed by atoms with E-state index in [1.54, 1.807) is 57.1 Å². The minimum Gasteiger partial charge on any atom is -0.512 e. The molecule has 0 bridgehead atoms. The number of aryl methyl sites for hydroxylation is 4. The van der Waals surface area contributed by atoms with Gasteiger partial charge in [0, 0.05) is 93.6 Å². The van der Waals surface area contributed by atoms with Gasteiger partial charge in [-0.1, -0.05) is 143 Å². The molecule has 0 radical (unpaired) electrons. The zero-order valence-electron chi connectivity index (χ0n) is 46.3. The number of ether oxygens (including phenoxy) is 1. The normalized spacial score (nSPS) is 10.7. The number of aliphatic imine (C=N–C) groups is 1. The van der Waals surface area contributed by atoms with Crippen molar-refractivity contribution >= 4 is 84.1 Å². The zero-order chi connectivity index (χ0) is 59.1. The molecule has 1 aliphatic rings. The molecule has 2 N–H and O–H groups in total. The zero-order valence-corrected chi connectivity index (χ0v) is 53.9. The summed E-state index contributed by atoms with van der Waals surface area (Å²) < 4.78 is 46.0. The van der Waals surface area contributed by atoms with Crippen LogP contribution in [0.2, 0.25) is 0 Å². The molecule has 8 rings (SSSR count). The van der Waals surface area contributed by atoms with E-state index in [2.05, 4.69) is 89.9 Å². The number of rotatable bonds is 13. The van der Waals surface area contributed by atoms with Gasteiger partial charge in [-0.2, -0.15) is 0 Å². The SMILES string of the molecule is BrBr.C.C.C.C.C.C.C.C.C.C.CC(=O)c1ccc(F)cc1.CCC=O.CCO.CC[C@@H]1OC=N[C@H]1S(=O)(=O)c1ccc(C)cc1.CCc1cn(-c2ccc(C(=O)CBr)cc2)cn1.CCc1cn(-c2ccc(C(C)=O)cc2)cn1.CCc1cnc[nH]1.[C-]#N.[Na+]. The summed E-state index contributed by atoms with van der Waals surface area (Å²) in [7, 11) is -3.44. The molecule has 4 heterocycles. The first-order chi connectivity index (χ1) is 37.5. The molecule has 89 heavy (non-hydrogen) atoms. The number of aldehydes is 1. The van der Waals surface area contributed by atoms with E-state index in [0.717, 1.165) is 65.0 Å². The number of H-pyrrole nitrogens is 1. The minimum atomic E-state index is -3.44. The first-order valence-electron chi connectivity index (χ1n) is 24.5. The Balaban J connectivity index is -0.0000000790. The Bertz CT molecular complexity index is 2930. The molecule has 4 aromatic carbocycles. The number of imidazole rings is 3. The fourth-order valence-electron chi connectivity index (χ4n) is 6.08. The maximum absolute atomic E-state index is 12.3. The summed E-state index contributed by atoms with van der Waals surface area (Å²) in [5.74, 6) is -0.173. The molecule has 3 aromatic heterocycles. The monoisotopic (exact) mass is 1460 g/mol. The number of hydrogen-bond acceptors (Lipinski definition) is 13. The molecule has 500 valence electrons. The van der Waals surface area contributed by atoms with Crippen molar-refractivity contribution in [2.45, 2.75) is 185 Å². The van der Waals surface area contributed by atoms with Crippen LogP contribution in [0.15, 0.2) is 145 Å². The van der Waals surface area contributed by atoms with Crippen LogP contribution in [0, 0.1) is 24.6 Å². The number of aromatic nitrogens is 6. The van der Waals surface area contributed by atoms with Crippen LogP contribution in [0.1, 0.15) is 196 Å². The van der Waals surface area contributed by atoms with Crippen LogP contribution in [-0.4, -0.2) is 96.0 Å². The topological polar surface area (TPSA) is 232 Å². The number of nitrogens with zero attached hydrogens (tertiary/aromatic N) is 7. The number of halogens is 4. The Labute approximate surface area is 584 Å². The number of ketones is 3. The number of sulfone groups is 1. The second kappa shape index (κ2) is 65.4. The largest absolute Gasteiger partial charge is 1.00 e. The second-order valence-corrected chi connectivity index (χ2v) is 18.5. The third-order valence-corrected chi connectivity index (χ3v) is 12.9. The van der Waals surface area contributed by atoms with Crippen molar-refractivity contribution in [2.75, 3.05) is 11.9 Å². The van der Waals surface area contributed by atoms with Gasteiger partial charge in [-0.3, -0.25) is 14.4 Å². The van der Waals surface area contributed by atoms with Gasteiger partial charge in [0.05, 0.1) is 40.6 Å². The van der Waals surface area contributed by atoms with Crippen molar-refractivity contribution in [3.63, 3.8) is 0 Å². The summed E-state index contributed by atoms with van der Waals surface area (Å²) in [4.78, 5) is 62.0. The molecular formula is C67H109Br3FN8NaO8S. The van der Waals surface area contributed by atoms with Crippen LogP contribution < -0.4 is 29.6 Å². The number of nitrogens with one attached hydrogen (secondary N) is 1. The number of aliphatic hydroxyl groups is 1. The summed E-state index contributed by atoms with van der Waals surface area (Å²) >= 11 is 8.66. The van der Waals surface area contributed by atoms with E-state index in [-0.39, 0.29) is 140 Å². The van der Waals surface area contributed by atoms with Crippen LogP contribution in [-0.2, 0) is 38.6 Å². The van der Waals surface area contributed by atoms with E-state index in [1.165, 1.54) is 43.3 Å². The summed E-state index contributed by atoms with van der Waals surface area (Å²) in [5.41, 5.74) is 8.39. The number of aromatic amines is 1. The molecule has 0 saturated heterocycles. The quantitative estimate of drug-likeness (QED) is 0.0361. The molecule has 7 aromatic rings. The van der Waals surface area contributed by atoms with E-state index in [4.69, 9.17) is 21.7 Å². The third kappa shape index (κ3) is 42.2. The smallest absolute Gasteiger partial charge is 0.512 e. The van der Waals surface area contributed by atoms with Crippen LogP contribution in [0.3, 0.4) is 0 Å². The Morgan fingerprint density at radius 1 is 0.685 bits per heavy atom. The molecule has 0 spiro atoms. The summed E-state index contributed by atoms with van der Waals surface area (Å²) in [6, 6.07) is 27.4. The third-order valence-electron chi connectivity index (χ3n) is 10.4. The van der Waals surface area contributed by atoms with Gasteiger partial charge in [0.15, 0.2) is 29.1 Å². The molecule has 0 unspecified atom stereocenters. The van der Waals surface area contributed by atoms with Gasteiger partial charge < -0.3 is 40.6 Å². The number of aliphatic hydroxyl groups excluding tert-OH is 1. The number of carbonyl (C=O) groups is 4. The number of carbonyl (C=O) groups excluding carboxylic acids is 4. The predicted molar refractivity (Wildman–Crippen MR) is 383 cm³/mol. The van der Waals surface area contributed by atoms with Gasteiger partial charge in [0.1, 0.15) is 18.2 Å². The van der Waals surface area contributed by atoms with Gasteiger partial charge in [-0.25, -0.2) is 32.8 Å². The Morgan fingerprint density at radius 2 is 1.07 bits per heavy atom. The van der Waals surface area contributed by atoms with Crippen molar-refractivity contribution in [3.05, 3.63) is 186 Å². The molecule has 16 nitrogen and oxygen atoms in total. The van der Waals surface area contributed by atoms with E-state index < -0.39 is 15.2 Å². The van der Waals surface area contributed by atoms with Crippen LogP contribution >= 0.6 is 44.2 Å². The van der Waals surface area contributed by atoms with E-state index in [1.807, 2.05) is 97.0 Å². The molecule has 0 aliphatic carbocycles. The first-order valence-corrected chi connectivity index (χ1v) is 30.8. The number of Topliss-reactive ketones (excluding diaryl/α,β-unsaturated/α-hetero) is 3. The average molecular weight is 1470 g/mol.